The molecule has 1 amide bonds. The Kier molecular flexibility index (Phi) is 6.40. The molecule has 1 aromatic heterocycles. The van der Waals surface area contributed by atoms with Crippen LogP contribution in [-0.2, 0) is 17.5 Å². The van der Waals surface area contributed by atoms with Gasteiger partial charge in [0.15, 0.2) is 5.69 Å². The Bertz CT molecular complexity index is 1270. The van der Waals surface area contributed by atoms with Crippen molar-refractivity contribution in [1.29, 1.82) is 5.26 Å². The predicted molar refractivity (Wildman–Crippen MR) is 107 cm³/mol. The van der Waals surface area contributed by atoms with E-state index in [9.17, 15) is 27.9 Å². The molecule has 2 heterocycles. The van der Waals surface area contributed by atoms with Gasteiger partial charge in [-0.15, -0.1) is 5.11 Å². The summed E-state index contributed by atoms with van der Waals surface area (Å²) in [4.78, 5) is 28.1. The van der Waals surface area contributed by atoms with E-state index in [1.165, 1.54) is 26.0 Å². The van der Waals surface area contributed by atoms with Gasteiger partial charge in [0.25, 0.3) is 11.5 Å². The molecule has 0 saturated carbocycles. The van der Waals surface area contributed by atoms with Gasteiger partial charge in [-0.1, -0.05) is 11.6 Å². The minimum absolute atomic E-state index is 0.00498. The van der Waals surface area contributed by atoms with Crippen molar-refractivity contribution in [2.24, 2.45) is 16.1 Å². The van der Waals surface area contributed by atoms with Crippen LogP contribution < -0.4 is 10.3 Å². The highest BCUT2D eigenvalue weighted by Gasteiger charge is 2.39. The Morgan fingerprint density at radius 3 is 2.55 bits per heavy atom. The first-order chi connectivity index (χ1) is 15.3. The number of nitriles is 1. The van der Waals surface area contributed by atoms with Gasteiger partial charge in [0.05, 0.1) is 41.7 Å². The van der Waals surface area contributed by atoms with E-state index >= 15 is 0 Å². The van der Waals surface area contributed by atoms with Crippen LogP contribution in [0.4, 0.5) is 13.2 Å². The Labute approximate surface area is 189 Å². The van der Waals surface area contributed by atoms with Gasteiger partial charge in [-0.2, -0.15) is 23.5 Å². The highest BCUT2D eigenvalue weighted by atomic mass is 35.5. The summed E-state index contributed by atoms with van der Waals surface area (Å²) in [6.45, 7) is 2.36. The Hall–Kier alpha value is -3.56. The van der Waals surface area contributed by atoms with Crippen molar-refractivity contribution in [3.63, 3.8) is 0 Å². The molecule has 3 rings (SSSR count). The lowest BCUT2D eigenvalue weighted by atomic mass is 9.89. The second kappa shape index (κ2) is 8.76. The molecule has 1 atom stereocenters. The molecule has 0 aliphatic carbocycles. The smallest absolute Gasteiger partial charge is 0.437 e. The maximum Gasteiger partial charge on any atom is 0.437 e. The second-order valence-electron chi connectivity index (χ2n) is 7.57. The van der Waals surface area contributed by atoms with E-state index in [1.54, 1.807) is 6.07 Å². The summed E-state index contributed by atoms with van der Waals surface area (Å²) in [5.41, 5.74) is -4.21. The number of rotatable bonds is 5. The summed E-state index contributed by atoms with van der Waals surface area (Å²) in [5.74, 6) is -3.18. The van der Waals surface area contributed by atoms with Crippen molar-refractivity contribution in [2.75, 3.05) is 0 Å². The number of halogens is 4. The molecule has 13 heteroatoms. The van der Waals surface area contributed by atoms with Gasteiger partial charge in [-0.05, 0) is 38.1 Å². The minimum Gasteiger partial charge on any atom is -0.449 e. The normalized spacial score (nSPS) is 16.4. The second-order valence-corrected chi connectivity index (χ2v) is 8.01. The Balaban J connectivity index is 2.05. The lowest BCUT2D eigenvalue weighted by Gasteiger charge is -2.25. The summed E-state index contributed by atoms with van der Waals surface area (Å²) in [6, 6.07) is 5.29. The van der Waals surface area contributed by atoms with E-state index in [0.717, 1.165) is 16.7 Å². The number of amides is 1. The number of allylic oxidation sites excluding steroid dienone is 1. The highest BCUT2D eigenvalue weighted by molar-refractivity contribution is 6.30. The summed E-state index contributed by atoms with van der Waals surface area (Å²) < 4.78 is 46.5. The number of hydrogen-bond acceptors (Lipinski definition) is 7. The first kappa shape index (κ1) is 24.1. The van der Waals surface area contributed by atoms with Crippen LogP contribution in [0.5, 0.6) is 11.5 Å². The average molecular weight is 482 g/mol. The quantitative estimate of drug-likeness (QED) is 0.690. The van der Waals surface area contributed by atoms with Gasteiger partial charge < -0.3 is 9.84 Å². The van der Waals surface area contributed by atoms with Crippen LogP contribution in [0, 0.1) is 17.2 Å². The third-order valence-electron chi connectivity index (χ3n) is 4.48. The summed E-state index contributed by atoms with van der Waals surface area (Å²) in [5, 5.41) is 26.2. The van der Waals surface area contributed by atoms with Gasteiger partial charge >= 0.3 is 6.18 Å². The molecule has 1 aromatic carbocycles. The van der Waals surface area contributed by atoms with E-state index in [1.807, 2.05) is 0 Å². The first-order valence-electron chi connectivity index (χ1n) is 9.23. The van der Waals surface area contributed by atoms with E-state index < -0.39 is 47.1 Å². The molecule has 2 aromatic rings. The van der Waals surface area contributed by atoms with E-state index in [2.05, 4.69) is 15.2 Å². The third kappa shape index (κ3) is 5.44. The molecule has 0 spiro atoms. The standard InChI is InChI=1S/C20H15ClF3N5O4/c1-19(2,32)14-6-12(27-28-17(14)30)8-29-9-26-16(20(22,23)24)15(18(29)31)33-13-4-10(7-25)3-11(21)5-13/h3-6,9,14,32H,8H2,1-2H3. The van der Waals surface area contributed by atoms with E-state index in [4.69, 9.17) is 21.6 Å². The predicted octanol–water partition coefficient (Wildman–Crippen LogP) is 3.84. The number of hydrogen-bond donors (Lipinski definition) is 1. The number of azo groups is 1. The van der Waals surface area contributed by atoms with Crippen LogP contribution in [-0.4, -0.2) is 26.2 Å². The van der Waals surface area contributed by atoms with Crippen LogP contribution in [0.25, 0.3) is 0 Å². The summed E-state index contributed by atoms with van der Waals surface area (Å²) in [6.07, 6.45) is -3.09. The Morgan fingerprint density at radius 2 is 1.94 bits per heavy atom. The zero-order valence-corrected chi connectivity index (χ0v) is 17.8. The number of alkyl halides is 3. The third-order valence-corrected chi connectivity index (χ3v) is 4.70. The summed E-state index contributed by atoms with van der Waals surface area (Å²) >= 11 is 5.86. The van der Waals surface area contributed by atoms with Crippen molar-refractivity contribution < 1.29 is 27.8 Å². The zero-order chi connectivity index (χ0) is 24.6. The molecule has 0 radical (unpaired) electrons. The highest BCUT2D eigenvalue weighted by Crippen LogP contribution is 2.35. The van der Waals surface area contributed by atoms with Crippen LogP contribution in [0.1, 0.15) is 25.1 Å². The van der Waals surface area contributed by atoms with Gasteiger partial charge in [-0.3, -0.25) is 14.2 Å². The first-order valence-corrected chi connectivity index (χ1v) is 9.61. The lowest BCUT2D eigenvalue weighted by Crippen LogP contribution is -2.36. The molecule has 9 nitrogen and oxygen atoms in total. The molecular weight excluding hydrogens is 467 g/mol. The average Bonchev–Trinajstić information content (AvgIpc) is 2.70. The number of ether oxygens (including phenoxy) is 1. The van der Waals surface area contributed by atoms with Crippen molar-refractivity contribution in [1.82, 2.24) is 9.55 Å². The van der Waals surface area contributed by atoms with Crippen LogP contribution in [0.3, 0.4) is 0 Å². The molecule has 33 heavy (non-hydrogen) atoms. The molecule has 0 saturated heterocycles. The molecule has 1 aliphatic rings. The molecule has 1 N–H and O–H groups in total. The summed E-state index contributed by atoms with van der Waals surface area (Å²) in [7, 11) is 0. The molecule has 1 aliphatic heterocycles. The van der Waals surface area contributed by atoms with Crippen molar-refractivity contribution >= 4 is 17.5 Å². The Morgan fingerprint density at radius 1 is 1.24 bits per heavy atom. The number of nitrogens with zero attached hydrogens (tertiary/aromatic N) is 5. The number of benzene rings is 1. The fourth-order valence-corrected chi connectivity index (χ4v) is 3.14. The zero-order valence-electron chi connectivity index (χ0n) is 17.1. The molecule has 0 fully saturated rings. The lowest BCUT2D eigenvalue weighted by molar-refractivity contribution is -0.142. The monoisotopic (exact) mass is 481 g/mol. The van der Waals surface area contributed by atoms with Crippen molar-refractivity contribution in [2.45, 2.75) is 32.2 Å². The SMILES string of the molecule is CC(C)(O)C1C=C(Cn2cnc(C(F)(F)F)c(Oc3cc(Cl)cc(C#N)c3)c2=O)N=NC1=O. The number of aliphatic hydroxyl groups is 1. The van der Waals surface area contributed by atoms with Crippen LogP contribution in [0.15, 0.2) is 51.3 Å². The van der Waals surface area contributed by atoms with E-state index in [0.29, 0.717) is 6.33 Å². The largest absolute Gasteiger partial charge is 0.449 e. The molecular formula is C20H15ClF3N5O4. The maximum absolute atomic E-state index is 13.5. The van der Waals surface area contributed by atoms with Crippen LogP contribution in [0.2, 0.25) is 5.02 Å². The minimum atomic E-state index is -5.02. The number of carbonyl (C=O) groups excluding carboxylic acids is 1. The van der Waals surface area contributed by atoms with Gasteiger partial charge in [-0.25, -0.2) is 4.98 Å². The van der Waals surface area contributed by atoms with Crippen LogP contribution >= 0.6 is 11.6 Å². The number of aromatic nitrogens is 2. The van der Waals surface area contributed by atoms with Crippen molar-refractivity contribution in [3.05, 3.63) is 62.9 Å². The molecule has 172 valence electrons. The number of carbonyl (C=O) groups is 1. The molecule has 0 bridgehead atoms. The maximum atomic E-state index is 13.5. The van der Waals surface area contributed by atoms with Gasteiger partial charge in [0.2, 0.25) is 5.75 Å². The van der Waals surface area contributed by atoms with Gasteiger partial charge in [0.1, 0.15) is 5.75 Å². The fourth-order valence-electron chi connectivity index (χ4n) is 2.92. The topological polar surface area (TPSA) is 130 Å². The fraction of sp³-hybridized carbons (Fsp3) is 0.300. The van der Waals surface area contributed by atoms with E-state index in [-0.39, 0.29) is 22.0 Å². The van der Waals surface area contributed by atoms with Crippen molar-refractivity contribution in [3.8, 4) is 17.6 Å². The molecule has 1 unspecified atom stereocenters. The van der Waals surface area contributed by atoms with Gasteiger partial charge in [0, 0.05) is 5.02 Å².